The number of carbonyl (C=O) groups is 2. The summed E-state index contributed by atoms with van der Waals surface area (Å²) in [7, 11) is -3.80. The fourth-order valence-electron chi connectivity index (χ4n) is 1.92. The lowest BCUT2D eigenvalue weighted by Gasteiger charge is -2.06. The topological polar surface area (TPSA) is 113 Å². The van der Waals surface area contributed by atoms with Crippen molar-refractivity contribution in [3.8, 4) is 0 Å². The first kappa shape index (κ1) is 18.5. The van der Waals surface area contributed by atoms with E-state index in [-0.39, 0.29) is 23.6 Å². The molecular formula is C17H16N2O5S. The van der Waals surface area contributed by atoms with E-state index in [0.717, 1.165) is 5.56 Å². The van der Waals surface area contributed by atoms with Gasteiger partial charge in [0.2, 0.25) is 10.0 Å². The molecule has 0 fully saturated rings. The second kappa shape index (κ2) is 8.32. The monoisotopic (exact) mass is 360 g/mol. The SMILES string of the molecule is O=C(O)CCNS(=O)(=O)c1ccc(C(=O)/C=C\c2cccnc2)cc1. The Hall–Kier alpha value is -2.84. The lowest BCUT2D eigenvalue weighted by molar-refractivity contribution is -0.136. The second-order valence-electron chi connectivity index (χ2n) is 5.05. The maximum Gasteiger partial charge on any atom is 0.304 e. The molecule has 0 saturated heterocycles. The highest BCUT2D eigenvalue weighted by molar-refractivity contribution is 7.89. The van der Waals surface area contributed by atoms with Gasteiger partial charge in [-0.1, -0.05) is 6.07 Å². The summed E-state index contributed by atoms with van der Waals surface area (Å²) >= 11 is 0. The summed E-state index contributed by atoms with van der Waals surface area (Å²) in [6.07, 6.45) is 5.93. The molecule has 0 aliphatic rings. The molecule has 130 valence electrons. The van der Waals surface area contributed by atoms with E-state index in [0.29, 0.717) is 5.56 Å². The zero-order valence-corrected chi connectivity index (χ0v) is 13.9. The fourth-order valence-corrected chi connectivity index (χ4v) is 2.95. The molecular weight excluding hydrogens is 344 g/mol. The highest BCUT2D eigenvalue weighted by Gasteiger charge is 2.14. The molecule has 0 bridgehead atoms. The Morgan fingerprint density at radius 2 is 1.88 bits per heavy atom. The van der Waals surface area contributed by atoms with Crippen LogP contribution in [0, 0.1) is 0 Å². The number of carboxylic acids is 1. The molecule has 0 aliphatic carbocycles. The first-order valence-electron chi connectivity index (χ1n) is 7.32. The van der Waals surface area contributed by atoms with Crippen LogP contribution in [-0.4, -0.2) is 36.8 Å². The molecule has 1 aromatic heterocycles. The van der Waals surface area contributed by atoms with Crippen molar-refractivity contribution in [1.29, 1.82) is 0 Å². The largest absolute Gasteiger partial charge is 0.481 e. The van der Waals surface area contributed by atoms with Crippen LogP contribution in [0.5, 0.6) is 0 Å². The third-order valence-electron chi connectivity index (χ3n) is 3.19. The lowest BCUT2D eigenvalue weighted by atomic mass is 10.1. The van der Waals surface area contributed by atoms with Gasteiger partial charge in [0.05, 0.1) is 11.3 Å². The van der Waals surface area contributed by atoms with Crippen molar-refractivity contribution in [2.45, 2.75) is 11.3 Å². The van der Waals surface area contributed by atoms with Gasteiger partial charge in [-0.25, -0.2) is 13.1 Å². The number of ketones is 1. The van der Waals surface area contributed by atoms with E-state index in [9.17, 15) is 18.0 Å². The minimum atomic E-state index is -3.80. The molecule has 2 N–H and O–H groups in total. The van der Waals surface area contributed by atoms with Crippen LogP contribution < -0.4 is 4.72 Å². The zero-order chi connectivity index (χ0) is 18.3. The number of nitrogens with one attached hydrogen (secondary N) is 1. The number of nitrogens with zero attached hydrogens (tertiary/aromatic N) is 1. The summed E-state index contributed by atoms with van der Waals surface area (Å²) in [5.41, 5.74) is 1.11. The van der Waals surface area contributed by atoms with Crippen LogP contribution in [0.1, 0.15) is 22.3 Å². The average Bonchev–Trinajstić information content (AvgIpc) is 2.60. The standard InChI is InChI=1S/C17H16N2O5S/c20-16(8-3-13-2-1-10-18-12-13)14-4-6-15(7-5-14)25(23,24)19-11-9-17(21)22/h1-8,10,12,19H,9,11H2,(H,21,22)/b8-3-. The van der Waals surface area contributed by atoms with Crippen molar-refractivity contribution in [1.82, 2.24) is 9.71 Å². The van der Waals surface area contributed by atoms with Crippen LogP contribution >= 0.6 is 0 Å². The molecule has 25 heavy (non-hydrogen) atoms. The Morgan fingerprint density at radius 1 is 1.16 bits per heavy atom. The van der Waals surface area contributed by atoms with Crippen LogP contribution in [0.2, 0.25) is 0 Å². The first-order chi connectivity index (χ1) is 11.9. The van der Waals surface area contributed by atoms with Crippen LogP contribution in [-0.2, 0) is 14.8 Å². The molecule has 0 atom stereocenters. The van der Waals surface area contributed by atoms with Crippen molar-refractivity contribution in [3.05, 3.63) is 66.0 Å². The molecule has 7 nitrogen and oxygen atoms in total. The zero-order valence-electron chi connectivity index (χ0n) is 13.1. The summed E-state index contributed by atoms with van der Waals surface area (Å²) in [4.78, 5) is 26.4. The maximum absolute atomic E-state index is 12.1. The number of rotatable bonds is 8. The number of hydrogen-bond donors (Lipinski definition) is 2. The van der Waals surface area contributed by atoms with Crippen LogP contribution in [0.3, 0.4) is 0 Å². The average molecular weight is 360 g/mol. The summed E-state index contributed by atoms with van der Waals surface area (Å²) in [6.45, 7) is -0.202. The Balaban J connectivity index is 2.05. The number of sulfonamides is 1. The van der Waals surface area contributed by atoms with Gasteiger partial charge in [-0.05, 0) is 48.0 Å². The van der Waals surface area contributed by atoms with Crippen molar-refractivity contribution < 1.29 is 23.1 Å². The Labute approximate surface area is 145 Å². The molecule has 0 spiro atoms. The van der Waals surface area contributed by atoms with E-state index in [1.807, 2.05) is 0 Å². The van der Waals surface area contributed by atoms with E-state index in [2.05, 4.69) is 9.71 Å². The van der Waals surface area contributed by atoms with Gasteiger partial charge in [-0.3, -0.25) is 14.6 Å². The van der Waals surface area contributed by atoms with Gasteiger partial charge < -0.3 is 5.11 Å². The van der Waals surface area contributed by atoms with Gasteiger partial charge >= 0.3 is 5.97 Å². The van der Waals surface area contributed by atoms with E-state index in [1.54, 1.807) is 30.6 Å². The second-order valence-corrected chi connectivity index (χ2v) is 6.82. The molecule has 0 saturated carbocycles. The number of hydrogen-bond acceptors (Lipinski definition) is 5. The smallest absolute Gasteiger partial charge is 0.304 e. The van der Waals surface area contributed by atoms with Gasteiger partial charge in [0.1, 0.15) is 0 Å². The Kier molecular flexibility index (Phi) is 6.15. The molecule has 2 aromatic rings. The molecule has 0 amide bonds. The molecule has 0 aliphatic heterocycles. The maximum atomic E-state index is 12.1. The molecule has 0 radical (unpaired) electrons. The molecule has 8 heteroatoms. The summed E-state index contributed by atoms with van der Waals surface area (Å²) in [5, 5.41) is 8.53. The molecule has 0 unspecified atom stereocenters. The summed E-state index contributed by atoms with van der Waals surface area (Å²) in [5.74, 6) is -1.37. The van der Waals surface area contributed by atoms with Gasteiger partial charge in [-0.15, -0.1) is 0 Å². The van der Waals surface area contributed by atoms with Crippen molar-refractivity contribution in [3.63, 3.8) is 0 Å². The summed E-state index contributed by atoms with van der Waals surface area (Å²) < 4.78 is 26.2. The van der Waals surface area contributed by atoms with Crippen LogP contribution in [0.4, 0.5) is 0 Å². The first-order valence-corrected chi connectivity index (χ1v) is 8.81. The predicted molar refractivity (Wildman–Crippen MR) is 91.5 cm³/mol. The van der Waals surface area contributed by atoms with Crippen LogP contribution in [0.15, 0.2) is 59.8 Å². The number of benzene rings is 1. The van der Waals surface area contributed by atoms with Crippen molar-refractivity contribution in [2.24, 2.45) is 0 Å². The third-order valence-corrected chi connectivity index (χ3v) is 4.67. The minimum absolute atomic E-state index is 0.0364. The quantitative estimate of drug-likeness (QED) is 0.547. The van der Waals surface area contributed by atoms with Crippen molar-refractivity contribution in [2.75, 3.05) is 6.54 Å². The van der Waals surface area contributed by atoms with Gasteiger partial charge in [0, 0.05) is 24.5 Å². The number of allylic oxidation sites excluding steroid dienone is 1. The lowest BCUT2D eigenvalue weighted by Crippen LogP contribution is -2.26. The Morgan fingerprint density at radius 3 is 2.48 bits per heavy atom. The third kappa shape index (κ3) is 5.63. The molecule has 1 aromatic carbocycles. The van der Waals surface area contributed by atoms with Gasteiger partial charge in [0.15, 0.2) is 5.78 Å². The number of carboxylic acid groups (broad SMARTS) is 1. The molecule has 1 heterocycles. The molecule has 2 rings (SSSR count). The minimum Gasteiger partial charge on any atom is -0.481 e. The van der Waals surface area contributed by atoms with Gasteiger partial charge in [-0.2, -0.15) is 0 Å². The Bertz CT molecular complexity index is 875. The van der Waals surface area contributed by atoms with Crippen LogP contribution in [0.25, 0.3) is 6.08 Å². The highest BCUT2D eigenvalue weighted by Crippen LogP contribution is 2.12. The van der Waals surface area contributed by atoms with E-state index >= 15 is 0 Å². The number of carbonyl (C=O) groups excluding carboxylic acids is 1. The normalized spacial score (nSPS) is 11.5. The fraction of sp³-hybridized carbons (Fsp3) is 0.118. The number of aromatic nitrogens is 1. The predicted octanol–water partition coefficient (Wildman–Crippen LogP) is 1.73. The number of pyridine rings is 1. The van der Waals surface area contributed by atoms with Gasteiger partial charge in [0.25, 0.3) is 0 Å². The number of aliphatic carboxylic acids is 1. The van der Waals surface area contributed by atoms with E-state index in [1.165, 1.54) is 30.3 Å². The van der Waals surface area contributed by atoms with E-state index < -0.39 is 16.0 Å². The van der Waals surface area contributed by atoms with Crippen molar-refractivity contribution >= 4 is 27.9 Å². The highest BCUT2D eigenvalue weighted by atomic mass is 32.2. The summed E-state index contributed by atoms with van der Waals surface area (Å²) in [6, 6.07) is 8.96. The van der Waals surface area contributed by atoms with E-state index in [4.69, 9.17) is 5.11 Å².